The lowest BCUT2D eigenvalue weighted by molar-refractivity contribution is -0.00586. The first-order valence-electron chi connectivity index (χ1n) is 9.22. The minimum Gasteiger partial charge on any atom is -0.308 e. The maximum Gasteiger partial charge on any atom is 0.0335 e. The summed E-state index contributed by atoms with van der Waals surface area (Å²) in [6.45, 7) is 8.69. The molecule has 1 saturated heterocycles. The maximum absolute atomic E-state index is 3.98. The summed E-state index contributed by atoms with van der Waals surface area (Å²) in [7, 11) is 0. The topological polar surface area (TPSA) is 15.3 Å². The Kier molecular flexibility index (Phi) is 4.42. The number of nitrogens with zero attached hydrogens (tertiary/aromatic N) is 1. The normalized spacial score (nSPS) is 30.3. The van der Waals surface area contributed by atoms with Gasteiger partial charge < -0.3 is 5.32 Å². The Morgan fingerprint density at radius 3 is 2.25 bits per heavy atom. The summed E-state index contributed by atoms with van der Waals surface area (Å²) in [5.74, 6) is 0.997. The van der Waals surface area contributed by atoms with Crippen molar-refractivity contribution in [2.24, 2.45) is 5.92 Å². The molecule has 2 nitrogen and oxygen atoms in total. The molecule has 1 heterocycles. The highest BCUT2D eigenvalue weighted by Gasteiger charge is 2.47. The Morgan fingerprint density at radius 2 is 1.65 bits per heavy atom. The van der Waals surface area contributed by atoms with Gasteiger partial charge in [-0.1, -0.05) is 39.5 Å². The zero-order chi connectivity index (χ0) is 14.1. The van der Waals surface area contributed by atoms with Gasteiger partial charge in [0.1, 0.15) is 0 Å². The predicted octanol–water partition coefficient (Wildman–Crippen LogP) is 3.95. The Labute approximate surface area is 125 Å². The van der Waals surface area contributed by atoms with Crippen LogP contribution in [0.1, 0.15) is 78.1 Å². The molecule has 2 heteroatoms. The number of hydrogen-bond donors (Lipinski definition) is 1. The second-order valence-electron chi connectivity index (χ2n) is 7.80. The molecule has 3 aliphatic rings. The van der Waals surface area contributed by atoms with E-state index in [1.165, 1.54) is 83.8 Å². The van der Waals surface area contributed by atoms with Gasteiger partial charge in [-0.05, 0) is 44.4 Å². The van der Waals surface area contributed by atoms with Crippen molar-refractivity contribution in [3.8, 4) is 0 Å². The molecule has 1 spiro atoms. The van der Waals surface area contributed by atoms with Crippen LogP contribution >= 0.6 is 0 Å². The third-order valence-electron chi connectivity index (χ3n) is 6.80. The van der Waals surface area contributed by atoms with Crippen LogP contribution in [0.5, 0.6) is 0 Å². The van der Waals surface area contributed by atoms with Crippen molar-refractivity contribution >= 4 is 0 Å². The monoisotopic (exact) mass is 278 g/mol. The predicted molar refractivity (Wildman–Crippen MR) is 86.0 cm³/mol. The van der Waals surface area contributed by atoms with Crippen molar-refractivity contribution in [3.05, 3.63) is 0 Å². The van der Waals surface area contributed by atoms with E-state index in [9.17, 15) is 0 Å². The summed E-state index contributed by atoms with van der Waals surface area (Å²) < 4.78 is 0. The fourth-order valence-corrected chi connectivity index (χ4v) is 5.07. The molecule has 20 heavy (non-hydrogen) atoms. The van der Waals surface area contributed by atoms with Gasteiger partial charge in [0.25, 0.3) is 0 Å². The van der Waals surface area contributed by atoms with Crippen LogP contribution in [0.3, 0.4) is 0 Å². The lowest BCUT2D eigenvalue weighted by Crippen LogP contribution is -2.69. The minimum absolute atomic E-state index is 0.395. The first-order valence-corrected chi connectivity index (χ1v) is 9.22. The van der Waals surface area contributed by atoms with Gasteiger partial charge in [0.2, 0.25) is 0 Å². The molecule has 0 aromatic rings. The van der Waals surface area contributed by atoms with Crippen LogP contribution in [-0.4, -0.2) is 35.6 Å². The van der Waals surface area contributed by atoms with Crippen LogP contribution in [0.2, 0.25) is 0 Å². The maximum atomic E-state index is 3.98. The van der Waals surface area contributed by atoms with Gasteiger partial charge in [-0.2, -0.15) is 0 Å². The van der Waals surface area contributed by atoms with Crippen LogP contribution in [0.15, 0.2) is 0 Å². The zero-order valence-electron chi connectivity index (χ0n) is 13.7. The standard InChI is InChI=1S/C18H34N2/c1-3-17(4-2)15-20(13-16-9-5-6-10-16)18(14-19-17)11-7-8-12-18/h16,19H,3-15H2,1-2H3. The summed E-state index contributed by atoms with van der Waals surface area (Å²) in [6, 6.07) is 0. The van der Waals surface area contributed by atoms with E-state index in [4.69, 9.17) is 0 Å². The summed E-state index contributed by atoms with van der Waals surface area (Å²) in [5, 5.41) is 3.98. The summed E-state index contributed by atoms with van der Waals surface area (Å²) in [5.41, 5.74) is 0.920. The van der Waals surface area contributed by atoms with Gasteiger partial charge in [0.05, 0.1) is 0 Å². The zero-order valence-corrected chi connectivity index (χ0v) is 13.7. The molecule has 1 aliphatic heterocycles. The van der Waals surface area contributed by atoms with Crippen molar-refractivity contribution in [2.75, 3.05) is 19.6 Å². The van der Waals surface area contributed by atoms with E-state index in [1.807, 2.05) is 0 Å². The number of piperazine rings is 1. The highest BCUT2D eigenvalue weighted by atomic mass is 15.3. The number of nitrogens with one attached hydrogen (secondary N) is 1. The third-order valence-corrected chi connectivity index (χ3v) is 6.80. The molecule has 0 unspecified atom stereocenters. The van der Waals surface area contributed by atoms with Crippen molar-refractivity contribution in [1.29, 1.82) is 0 Å². The lowest BCUT2D eigenvalue weighted by Gasteiger charge is -2.54. The largest absolute Gasteiger partial charge is 0.308 e. The van der Waals surface area contributed by atoms with Crippen molar-refractivity contribution in [2.45, 2.75) is 89.1 Å². The molecule has 0 amide bonds. The van der Waals surface area contributed by atoms with Gasteiger partial charge in [-0.3, -0.25) is 4.90 Å². The molecule has 1 N–H and O–H groups in total. The lowest BCUT2D eigenvalue weighted by atomic mass is 9.81. The van der Waals surface area contributed by atoms with Crippen LogP contribution < -0.4 is 5.32 Å². The Morgan fingerprint density at radius 1 is 1.00 bits per heavy atom. The second-order valence-corrected chi connectivity index (χ2v) is 7.80. The average Bonchev–Trinajstić information content (AvgIpc) is 3.14. The summed E-state index contributed by atoms with van der Waals surface area (Å²) in [6.07, 6.45) is 14.3. The van der Waals surface area contributed by atoms with Crippen LogP contribution in [0, 0.1) is 5.92 Å². The van der Waals surface area contributed by atoms with E-state index >= 15 is 0 Å². The van der Waals surface area contributed by atoms with Crippen molar-refractivity contribution in [1.82, 2.24) is 10.2 Å². The molecule has 0 aromatic carbocycles. The van der Waals surface area contributed by atoms with Gasteiger partial charge >= 0.3 is 0 Å². The third kappa shape index (κ3) is 2.66. The summed E-state index contributed by atoms with van der Waals surface area (Å²) in [4.78, 5) is 2.96. The highest BCUT2D eigenvalue weighted by molar-refractivity contribution is 5.07. The van der Waals surface area contributed by atoms with Gasteiger partial charge in [-0.25, -0.2) is 0 Å². The van der Waals surface area contributed by atoms with E-state index in [-0.39, 0.29) is 0 Å². The van der Waals surface area contributed by atoms with Crippen LogP contribution in [0.4, 0.5) is 0 Å². The molecule has 0 atom stereocenters. The Balaban J connectivity index is 1.74. The SMILES string of the molecule is CCC1(CC)CN(CC2CCCC2)C2(CCCC2)CN1. The molecule has 0 aromatic heterocycles. The van der Waals surface area contributed by atoms with E-state index in [1.54, 1.807) is 0 Å². The number of hydrogen-bond acceptors (Lipinski definition) is 2. The Hall–Kier alpha value is -0.0800. The van der Waals surface area contributed by atoms with Gasteiger partial charge in [0.15, 0.2) is 0 Å². The van der Waals surface area contributed by atoms with Gasteiger partial charge in [0, 0.05) is 30.7 Å². The second kappa shape index (κ2) is 5.96. The average molecular weight is 278 g/mol. The summed E-state index contributed by atoms with van der Waals surface area (Å²) >= 11 is 0. The van der Waals surface area contributed by atoms with Crippen molar-refractivity contribution in [3.63, 3.8) is 0 Å². The molecule has 0 radical (unpaired) electrons. The molecular weight excluding hydrogens is 244 g/mol. The molecule has 116 valence electrons. The molecular formula is C18H34N2. The molecule has 2 aliphatic carbocycles. The fourth-order valence-electron chi connectivity index (χ4n) is 5.07. The van der Waals surface area contributed by atoms with E-state index < -0.39 is 0 Å². The van der Waals surface area contributed by atoms with E-state index in [2.05, 4.69) is 24.1 Å². The Bertz CT molecular complexity index is 309. The van der Waals surface area contributed by atoms with Gasteiger partial charge in [-0.15, -0.1) is 0 Å². The molecule has 3 fully saturated rings. The minimum atomic E-state index is 0.395. The van der Waals surface area contributed by atoms with Crippen LogP contribution in [0.25, 0.3) is 0 Å². The van der Waals surface area contributed by atoms with Crippen LogP contribution in [-0.2, 0) is 0 Å². The van der Waals surface area contributed by atoms with E-state index in [0.717, 1.165) is 5.92 Å². The smallest absolute Gasteiger partial charge is 0.0335 e. The van der Waals surface area contributed by atoms with Crippen molar-refractivity contribution < 1.29 is 0 Å². The first-order chi connectivity index (χ1) is 9.72. The molecule has 2 saturated carbocycles. The highest BCUT2D eigenvalue weighted by Crippen LogP contribution is 2.41. The molecule has 3 rings (SSSR count). The number of rotatable bonds is 4. The quantitative estimate of drug-likeness (QED) is 0.837. The fraction of sp³-hybridized carbons (Fsp3) is 1.00. The molecule has 0 bridgehead atoms. The first kappa shape index (κ1) is 14.8. The van der Waals surface area contributed by atoms with E-state index in [0.29, 0.717) is 11.1 Å².